The highest BCUT2D eigenvalue weighted by molar-refractivity contribution is 7.62. The van der Waals surface area contributed by atoms with Gasteiger partial charge in [0.2, 0.25) is 0 Å². The Kier molecular flexibility index (Phi) is 3.96. The van der Waals surface area contributed by atoms with Gasteiger partial charge in [-0.25, -0.2) is 0 Å². The van der Waals surface area contributed by atoms with Gasteiger partial charge < -0.3 is 4.57 Å². The van der Waals surface area contributed by atoms with Crippen LogP contribution >= 0.6 is 7.14 Å². The first-order valence-electron chi connectivity index (χ1n) is 3.59. The predicted octanol–water partition coefficient (Wildman–Crippen LogP) is 2.97. The molecule has 0 aliphatic heterocycles. The highest BCUT2D eigenvalue weighted by Crippen LogP contribution is 2.36. The van der Waals surface area contributed by atoms with E-state index in [1.54, 1.807) is 0 Å². The molecule has 0 amide bonds. The summed E-state index contributed by atoms with van der Waals surface area (Å²) in [5.74, 6) is 0. The van der Waals surface area contributed by atoms with E-state index in [-0.39, 0.29) is 0 Å². The van der Waals surface area contributed by atoms with Crippen LogP contribution in [0.2, 0.25) is 0 Å². The van der Waals surface area contributed by atoms with E-state index < -0.39 is 7.14 Å². The maximum atomic E-state index is 11.2. The zero-order valence-electron chi connectivity index (χ0n) is 7.35. The largest absolute Gasteiger partial charge is 0.324 e. The molecular weight excluding hydrogens is 143 g/mol. The number of hydrogen-bond acceptors (Lipinski definition) is 1. The molecule has 0 rings (SSSR count). The molecule has 0 bridgehead atoms. The molecule has 10 heavy (non-hydrogen) atoms. The Balaban J connectivity index is 3.58. The molecule has 0 unspecified atom stereocenters. The molecule has 0 atom stereocenters. The average molecular weight is 160 g/mol. The van der Waals surface area contributed by atoms with Crippen molar-refractivity contribution in [3.63, 3.8) is 0 Å². The van der Waals surface area contributed by atoms with Crippen molar-refractivity contribution in [3.05, 3.63) is 11.6 Å². The summed E-state index contributed by atoms with van der Waals surface area (Å²) in [5, 5.41) is 0. The van der Waals surface area contributed by atoms with Crippen LogP contribution in [0, 0.1) is 0 Å². The van der Waals surface area contributed by atoms with Crippen LogP contribution in [-0.4, -0.2) is 19.5 Å². The smallest absolute Gasteiger partial charge is 0.0822 e. The lowest BCUT2D eigenvalue weighted by Gasteiger charge is -2.02. The summed E-state index contributed by atoms with van der Waals surface area (Å²) >= 11 is 0. The minimum atomic E-state index is -1.77. The Labute approximate surface area is 63.9 Å². The van der Waals surface area contributed by atoms with Crippen LogP contribution in [0.25, 0.3) is 0 Å². The first-order valence-corrected chi connectivity index (χ1v) is 6.38. The molecule has 0 heterocycles. The van der Waals surface area contributed by atoms with E-state index in [1.165, 1.54) is 5.57 Å². The van der Waals surface area contributed by atoms with Crippen molar-refractivity contribution in [2.45, 2.75) is 20.3 Å². The van der Waals surface area contributed by atoms with Gasteiger partial charge >= 0.3 is 0 Å². The fraction of sp³-hybridized carbons (Fsp3) is 0.750. The van der Waals surface area contributed by atoms with Gasteiger partial charge in [-0.3, -0.25) is 0 Å². The number of hydrogen-bond donors (Lipinski definition) is 0. The lowest BCUT2D eigenvalue weighted by Crippen LogP contribution is -1.83. The fourth-order valence-corrected chi connectivity index (χ4v) is 1.42. The van der Waals surface area contributed by atoms with Gasteiger partial charge in [0, 0.05) is 6.16 Å². The maximum Gasteiger partial charge on any atom is 0.0822 e. The van der Waals surface area contributed by atoms with Crippen molar-refractivity contribution in [1.29, 1.82) is 0 Å². The van der Waals surface area contributed by atoms with E-state index in [0.29, 0.717) is 0 Å². The summed E-state index contributed by atoms with van der Waals surface area (Å²) < 4.78 is 11.2. The zero-order chi connectivity index (χ0) is 8.20. The molecular formula is C8H17OP. The Morgan fingerprint density at radius 2 is 1.90 bits per heavy atom. The Morgan fingerprint density at radius 1 is 1.40 bits per heavy atom. The molecule has 0 saturated carbocycles. The van der Waals surface area contributed by atoms with E-state index in [9.17, 15) is 4.57 Å². The molecule has 0 fully saturated rings. The van der Waals surface area contributed by atoms with Gasteiger partial charge in [-0.2, -0.15) is 0 Å². The summed E-state index contributed by atoms with van der Waals surface area (Å²) in [5.41, 5.74) is 1.31. The molecule has 1 nitrogen and oxygen atoms in total. The van der Waals surface area contributed by atoms with Gasteiger partial charge in [-0.05, 0) is 33.6 Å². The lowest BCUT2D eigenvalue weighted by atomic mass is 10.3. The van der Waals surface area contributed by atoms with Gasteiger partial charge in [-0.1, -0.05) is 11.6 Å². The summed E-state index contributed by atoms with van der Waals surface area (Å²) in [7, 11) is -1.77. The fourth-order valence-electron chi connectivity index (χ4n) is 0.664. The first-order chi connectivity index (χ1) is 4.42. The third-order valence-electron chi connectivity index (χ3n) is 1.22. The summed E-state index contributed by atoms with van der Waals surface area (Å²) in [6.45, 7) is 7.81. The van der Waals surface area contributed by atoms with Crippen LogP contribution in [0.4, 0.5) is 0 Å². The summed E-state index contributed by atoms with van der Waals surface area (Å²) in [4.78, 5) is 0. The molecule has 0 saturated heterocycles. The highest BCUT2D eigenvalue weighted by Gasteiger charge is 2.03. The molecule has 0 aliphatic rings. The van der Waals surface area contributed by atoms with Crippen LogP contribution in [0.1, 0.15) is 20.3 Å². The van der Waals surface area contributed by atoms with Crippen molar-refractivity contribution in [1.82, 2.24) is 0 Å². The highest BCUT2D eigenvalue weighted by atomic mass is 31.2. The predicted molar refractivity (Wildman–Crippen MR) is 48.4 cm³/mol. The Bertz CT molecular complexity index is 160. The molecule has 0 N–H and O–H groups in total. The topological polar surface area (TPSA) is 17.1 Å². The van der Waals surface area contributed by atoms with Crippen LogP contribution < -0.4 is 0 Å². The number of allylic oxidation sites excluding steroid dienone is 2. The van der Waals surface area contributed by atoms with Gasteiger partial charge in [0.1, 0.15) is 0 Å². The van der Waals surface area contributed by atoms with Gasteiger partial charge in [0.25, 0.3) is 0 Å². The molecule has 0 aliphatic carbocycles. The molecule has 0 radical (unpaired) electrons. The Hall–Kier alpha value is -0.0300. The van der Waals surface area contributed by atoms with Crippen LogP contribution in [-0.2, 0) is 4.57 Å². The van der Waals surface area contributed by atoms with Crippen LogP contribution in [0.3, 0.4) is 0 Å². The van der Waals surface area contributed by atoms with Crippen molar-refractivity contribution < 1.29 is 4.57 Å². The minimum absolute atomic E-state index is 0.845. The second kappa shape index (κ2) is 3.98. The van der Waals surface area contributed by atoms with E-state index in [4.69, 9.17) is 0 Å². The summed E-state index contributed by atoms with van der Waals surface area (Å²) in [6.07, 6.45) is 3.95. The lowest BCUT2D eigenvalue weighted by molar-refractivity contribution is 0.582. The normalized spacial score (nSPS) is 11.2. The molecule has 0 aromatic heterocycles. The molecule has 0 spiro atoms. The zero-order valence-corrected chi connectivity index (χ0v) is 8.24. The van der Waals surface area contributed by atoms with Crippen molar-refractivity contribution in [3.8, 4) is 0 Å². The van der Waals surface area contributed by atoms with Gasteiger partial charge in [0.05, 0.1) is 7.14 Å². The van der Waals surface area contributed by atoms with Gasteiger partial charge in [-0.15, -0.1) is 0 Å². The minimum Gasteiger partial charge on any atom is -0.324 e. The molecule has 0 aromatic rings. The van der Waals surface area contributed by atoms with E-state index in [2.05, 4.69) is 19.9 Å². The Morgan fingerprint density at radius 3 is 2.20 bits per heavy atom. The monoisotopic (exact) mass is 160 g/mol. The first kappa shape index (κ1) is 9.97. The van der Waals surface area contributed by atoms with Crippen molar-refractivity contribution in [2.24, 2.45) is 0 Å². The second-order valence-corrected chi connectivity index (χ2v) is 6.96. The number of rotatable bonds is 3. The van der Waals surface area contributed by atoms with E-state index >= 15 is 0 Å². The van der Waals surface area contributed by atoms with E-state index in [0.717, 1.165) is 12.6 Å². The third kappa shape index (κ3) is 7.97. The van der Waals surface area contributed by atoms with Crippen molar-refractivity contribution in [2.75, 3.05) is 19.5 Å². The van der Waals surface area contributed by atoms with E-state index in [1.807, 2.05) is 13.3 Å². The SMILES string of the molecule is CC(C)=CCCP(C)(C)=O. The maximum absolute atomic E-state index is 11.2. The van der Waals surface area contributed by atoms with Gasteiger partial charge in [0.15, 0.2) is 0 Å². The van der Waals surface area contributed by atoms with Crippen molar-refractivity contribution >= 4 is 7.14 Å². The third-order valence-corrected chi connectivity index (χ3v) is 2.56. The summed E-state index contributed by atoms with van der Waals surface area (Å²) in [6, 6.07) is 0. The standard InChI is InChI=1S/C8H17OP/c1-8(2)6-5-7-10(3,4)9/h6H,5,7H2,1-4H3. The molecule has 2 heteroatoms. The quantitative estimate of drug-likeness (QED) is 0.458. The molecule has 60 valence electrons. The molecule has 0 aromatic carbocycles. The second-order valence-electron chi connectivity index (χ2n) is 3.37. The average Bonchev–Trinajstić information content (AvgIpc) is 1.59. The van der Waals surface area contributed by atoms with Crippen LogP contribution in [0.5, 0.6) is 0 Å². The van der Waals surface area contributed by atoms with Crippen LogP contribution in [0.15, 0.2) is 11.6 Å².